The van der Waals surface area contributed by atoms with Gasteiger partial charge in [0, 0.05) is 18.7 Å². The van der Waals surface area contributed by atoms with Crippen LogP contribution in [0.4, 0.5) is 5.69 Å². The largest absolute Gasteiger partial charge is 0.376 e. The van der Waals surface area contributed by atoms with Crippen molar-refractivity contribution in [2.45, 2.75) is 18.9 Å². The molecule has 0 aromatic heterocycles. The molecule has 0 aliphatic carbocycles. The van der Waals surface area contributed by atoms with Crippen molar-refractivity contribution in [3.8, 4) is 11.1 Å². The van der Waals surface area contributed by atoms with Gasteiger partial charge in [-0.15, -0.1) is 0 Å². The number of carbonyl (C=O) groups is 2. The molecule has 0 radical (unpaired) electrons. The average Bonchev–Trinajstić information content (AvgIpc) is 3.32. The molecular formula is C25H24N2O3. The van der Waals surface area contributed by atoms with Crippen LogP contribution in [-0.4, -0.2) is 31.1 Å². The molecule has 4 rings (SSSR count). The Morgan fingerprint density at radius 2 is 1.53 bits per heavy atom. The number of para-hydroxylation sites is 1. The molecule has 1 heterocycles. The van der Waals surface area contributed by atoms with Crippen LogP contribution < -0.4 is 10.6 Å². The normalized spacial score (nSPS) is 15.5. The minimum absolute atomic E-state index is 0.0684. The molecule has 0 spiro atoms. The molecule has 2 N–H and O–H groups in total. The SMILES string of the molecule is O=C(Nc1ccccc1C(=O)NC[C@H]1CCCO1)c1ccc(-c2ccccc2)cc1. The molecule has 3 aromatic carbocycles. The van der Waals surface area contributed by atoms with Crippen molar-refractivity contribution in [1.29, 1.82) is 0 Å². The van der Waals surface area contributed by atoms with E-state index >= 15 is 0 Å². The van der Waals surface area contributed by atoms with Gasteiger partial charge >= 0.3 is 0 Å². The summed E-state index contributed by atoms with van der Waals surface area (Å²) in [5, 5.41) is 5.77. The summed E-state index contributed by atoms with van der Waals surface area (Å²) in [5.74, 6) is -0.477. The highest BCUT2D eigenvalue weighted by Crippen LogP contribution is 2.21. The molecule has 3 aromatic rings. The minimum Gasteiger partial charge on any atom is -0.376 e. The van der Waals surface area contributed by atoms with Crippen LogP contribution in [-0.2, 0) is 4.74 Å². The van der Waals surface area contributed by atoms with Gasteiger partial charge in [0.1, 0.15) is 0 Å². The predicted molar refractivity (Wildman–Crippen MR) is 118 cm³/mol. The molecule has 5 heteroatoms. The van der Waals surface area contributed by atoms with Crippen LogP contribution in [0.1, 0.15) is 33.6 Å². The zero-order valence-corrected chi connectivity index (χ0v) is 16.6. The van der Waals surface area contributed by atoms with Gasteiger partial charge in [-0.05, 0) is 48.2 Å². The quantitative estimate of drug-likeness (QED) is 0.640. The van der Waals surface area contributed by atoms with Gasteiger partial charge in [0.2, 0.25) is 0 Å². The predicted octanol–water partition coefficient (Wildman–Crippen LogP) is 4.51. The van der Waals surface area contributed by atoms with E-state index in [9.17, 15) is 9.59 Å². The molecule has 0 saturated carbocycles. The van der Waals surface area contributed by atoms with E-state index in [1.807, 2.05) is 42.5 Å². The van der Waals surface area contributed by atoms with Crippen LogP contribution in [0.25, 0.3) is 11.1 Å². The van der Waals surface area contributed by atoms with Gasteiger partial charge < -0.3 is 15.4 Å². The number of rotatable bonds is 6. The van der Waals surface area contributed by atoms with Gasteiger partial charge in [-0.1, -0.05) is 54.6 Å². The minimum atomic E-state index is -0.256. The van der Waals surface area contributed by atoms with Crippen LogP contribution in [0.15, 0.2) is 78.9 Å². The lowest BCUT2D eigenvalue weighted by molar-refractivity contribution is 0.0858. The number of benzene rings is 3. The Morgan fingerprint density at radius 3 is 2.27 bits per heavy atom. The van der Waals surface area contributed by atoms with Crippen molar-refractivity contribution in [1.82, 2.24) is 5.32 Å². The van der Waals surface area contributed by atoms with Crippen molar-refractivity contribution >= 4 is 17.5 Å². The van der Waals surface area contributed by atoms with Gasteiger partial charge in [-0.2, -0.15) is 0 Å². The number of anilines is 1. The Kier molecular flexibility index (Phi) is 6.20. The molecule has 0 unspecified atom stereocenters. The van der Waals surface area contributed by atoms with Crippen LogP contribution in [0.5, 0.6) is 0 Å². The summed E-state index contributed by atoms with van der Waals surface area (Å²) in [6.45, 7) is 1.22. The number of hydrogen-bond acceptors (Lipinski definition) is 3. The lowest BCUT2D eigenvalue weighted by atomic mass is 10.0. The third-order valence-electron chi connectivity index (χ3n) is 5.19. The van der Waals surface area contributed by atoms with Crippen molar-refractivity contribution in [3.05, 3.63) is 90.0 Å². The van der Waals surface area contributed by atoms with Crippen molar-refractivity contribution in [2.75, 3.05) is 18.5 Å². The first-order valence-corrected chi connectivity index (χ1v) is 10.2. The highest BCUT2D eigenvalue weighted by atomic mass is 16.5. The summed E-state index contributed by atoms with van der Waals surface area (Å²) in [6.07, 6.45) is 2.05. The van der Waals surface area contributed by atoms with Crippen molar-refractivity contribution in [2.24, 2.45) is 0 Å². The fourth-order valence-corrected chi connectivity index (χ4v) is 3.54. The Bertz CT molecular complexity index is 1010. The molecule has 5 nitrogen and oxygen atoms in total. The molecule has 152 valence electrons. The highest BCUT2D eigenvalue weighted by molar-refractivity contribution is 6.09. The third-order valence-corrected chi connectivity index (χ3v) is 5.19. The maximum atomic E-state index is 12.7. The molecule has 2 amide bonds. The van der Waals surface area contributed by atoms with E-state index in [0.717, 1.165) is 30.6 Å². The number of amides is 2. The second-order valence-electron chi connectivity index (χ2n) is 7.29. The second kappa shape index (κ2) is 9.37. The summed E-state index contributed by atoms with van der Waals surface area (Å²) >= 11 is 0. The standard InChI is InChI=1S/C25H24N2O3/c28-24(20-14-12-19(13-15-20)18-7-2-1-3-8-18)27-23-11-5-4-10-22(23)25(29)26-17-21-9-6-16-30-21/h1-5,7-8,10-15,21H,6,9,16-17H2,(H,26,29)(H,27,28)/t21-/m1/s1. The van der Waals surface area contributed by atoms with Crippen LogP contribution in [0.3, 0.4) is 0 Å². The number of carbonyl (C=O) groups excluding carboxylic acids is 2. The second-order valence-corrected chi connectivity index (χ2v) is 7.29. The Balaban J connectivity index is 1.43. The van der Waals surface area contributed by atoms with Crippen molar-refractivity contribution < 1.29 is 14.3 Å². The number of hydrogen-bond donors (Lipinski definition) is 2. The van der Waals surface area contributed by atoms with E-state index in [2.05, 4.69) is 10.6 Å². The lowest BCUT2D eigenvalue weighted by Crippen LogP contribution is -2.32. The van der Waals surface area contributed by atoms with Crippen molar-refractivity contribution in [3.63, 3.8) is 0 Å². The summed E-state index contributed by atoms with van der Waals surface area (Å²) in [7, 11) is 0. The van der Waals surface area contributed by atoms with E-state index in [4.69, 9.17) is 4.74 Å². The summed E-state index contributed by atoms with van der Waals surface area (Å²) in [6, 6.07) is 24.4. The van der Waals surface area contributed by atoms with E-state index in [1.54, 1.807) is 36.4 Å². The Morgan fingerprint density at radius 1 is 0.833 bits per heavy atom. The zero-order chi connectivity index (χ0) is 20.8. The number of ether oxygens (including phenoxy) is 1. The van der Waals surface area contributed by atoms with Gasteiger partial charge in [0.05, 0.1) is 17.4 Å². The lowest BCUT2D eigenvalue weighted by Gasteiger charge is -2.14. The summed E-state index contributed by atoms with van der Waals surface area (Å²) in [4.78, 5) is 25.4. The Hall–Kier alpha value is -3.44. The smallest absolute Gasteiger partial charge is 0.255 e. The van der Waals surface area contributed by atoms with Gasteiger partial charge in [-0.3, -0.25) is 9.59 Å². The van der Waals surface area contributed by atoms with E-state index in [1.165, 1.54) is 0 Å². The van der Waals surface area contributed by atoms with Gasteiger partial charge in [-0.25, -0.2) is 0 Å². The maximum absolute atomic E-state index is 12.7. The van der Waals surface area contributed by atoms with Crippen LogP contribution in [0.2, 0.25) is 0 Å². The fraction of sp³-hybridized carbons (Fsp3) is 0.200. The maximum Gasteiger partial charge on any atom is 0.255 e. The number of nitrogens with one attached hydrogen (secondary N) is 2. The first kappa shape index (κ1) is 19.9. The monoisotopic (exact) mass is 400 g/mol. The van der Waals surface area contributed by atoms with Gasteiger partial charge in [0.25, 0.3) is 11.8 Å². The first-order valence-electron chi connectivity index (χ1n) is 10.2. The molecule has 1 atom stereocenters. The van der Waals surface area contributed by atoms with Gasteiger partial charge in [0.15, 0.2) is 0 Å². The molecule has 1 aliphatic rings. The molecular weight excluding hydrogens is 376 g/mol. The highest BCUT2D eigenvalue weighted by Gasteiger charge is 2.18. The average molecular weight is 400 g/mol. The zero-order valence-electron chi connectivity index (χ0n) is 16.6. The first-order chi connectivity index (χ1) is 14.7. The summed E-state index contributed by atoms with van der Waals surface area (Å²) in [5.41, 5.74) is 3.59. The van der Waals surface area contributed by atoms with E-state index in [-0.39, 0.29) is 17.9 Å². The molecule has 1 fully saturated rings. The molecule has 1 saturated heterocycles. The molecule has 1 aliphatic heterocycles. The van der Waals surface area contributed by atoms with Crippen LogP contribution in [0, 0.1) is 0 Å². The Labute approximate surface area is 176 Å². The summed E-state index contributed by atoms with van der Waals surface area (Å²) < 4.78 is 5.55. The molecule has 0 bridgehead atoms. The van der Waals surface area contributed by atoms with E-state index < -0.39 is 0 Å². The fourth-order valence-electron chi connectivity index (χ4n) is 3.54. The molecule has 30 heavy (non-hydrogen) atoms. The van der Waals surface area contributed by atoms with Crippen LogP contribution >= 0.6 is 0 Å². The van der Waals surface area contributed by atoms with E-state index in [0.29, 0.717) is 23.4 Å². The third kappa shape index (κ3) is 4.75. The topological polar surface area (TPSA) is 67.4 Å².